The van der Waals surface area contributed by atoms with E-state index in [1.54, 1.807) is 6.07 Å². The monoisotopic (exact) mass is 453 g/mol. The number of nitrogens with one attached hydrogen (secondary N) is 2. The standard InChI is InChI=1S/C18H15ClF3N7O2/c19-11-2-1-5-25-15(11)29-13(7-14(28-29)18(20,21)22)17(31)26-12-6-9(8-23)3-4-10(12)16(30)27-24/h1-7H,8,23-24H2,(H,26,31)(H,27,30). The van der Waals surface area contributed by atoms with Gasteiger partial charge >= 0.3 is 6.18 Å². The largest absolute Gasteiger partial charge is 0.435 e. The van der Waals surface area contributed by atoms with Gasteiger partial charge in [-0.3, -0.25) is 15.0 Å². The highest BCUT2D eigenvalue weighted by atomic mass is 35.5. The number of anilines is 1. The Morgan fingerprint density at radius 2 is 1.90 bits per heavy atom. The zero-order valence-corrected chi connectivity index (χ0v) is 16.3. The minimum Gasteiger partial charge on any atom is -0.326 e. The molecule has 0 aliphatic rings. The average Bonchev–Trinajstić information content (AvgIpc) is 3.19. The van der Waals surface area contributed by atoms with Gasteiger partial charge in [-0.05, 0) is 29.8 Å². The molecule has 3 aromatic rings. The molecule has 0 saturated heterocycles. The Labute approximate surface area is 178 Å². The molecule has 0 bridgehead atoms. The lowest BCUT2D eigenvalue weighted by Crippen LogP contribution is -2.31. The minimum absolute atomic E-state index is 0.00988. The summed E-state index contributed by atoms with van der Waals surface area (Å²) in [5.41, 5.74) is 6.20. The third-order valence-electron chi connectivity index (χ3n) is 4.12. The van der Waals surface area contributed by atoms with Gasteiger partial charge in [0.05, 0.1) is 16.3 Å². The summed E-state index contributed by atoms with van der Waals surface area (Å²) in [6.45, 7) is 0.0904. The van der Waals surface area contributed by atoms with Crippen molar-refractivity contribution in [2.75, 3.05) is 5.32 Å². The number of rotatable bonds is 5. The van der Waals surface area contributed by atoms with Gasteiger partial charge in [0, 0.05) is 18.8 Å². The lowest BCUT2D eigenvalue weighted by Gasteiger charge is -2.13. The first-order valence-electron chi connectivity index (χ1n) is 8.59. The first kappa shape index (κ1) is 22.2. The zero-order chi connectivity index (χ0) is 22.8. The summed E-state index contributed by atoms with van der Waals surface area (Å²) >= 11 is 6.03. The van der Waals surface area contributed by atoms with Crippen molar-refractivity contribution in [2.45, 2.75) is 12.7 Å². The predicted molar refractivity (Wildman–Crippen MR) is 105 cm³/mol. The number of hydrazine groups is 1. The molecule has 0 spiro atoms. The highest BCUT2D eigenvalue weighted by Crippen LogP contribution is 2.31. The maximum atomic E-state index is 13.3. The number of benzene rings is 1. The summed E-state index contributed by atoms with van der Waals surface area (Å²) < 4.78 is 40.5. The second kappa shape index (κ2) is 8.71. The lowest BCUT2D eigenvalue weighted by atomic mass is 10.1. The van der Waals surface area contributed by atoms with Crippen molar-refractivity contribution >= 4 is 29.1 Å². The van der Waals surface area contributed by atoms with E-state index in [-0.39, 0.29) is 28.6 Å². The van der Waals surface area contributed by atoms with Crippen LogP contribution in [-0.2, 0) is 12.7 Å². The first-order chi connectivity index (χ1) is 14.7. The molecule has 3 rings (SSSR count). The summed E-state index contributed by atoms with van der Waals surface area (Å²) in [6.07, 6.45) is -3.54. The number of nitrogens with zero attached hydrogens (tertiary/aromatic N) is 3. The van der Waals surface area contributed by atoms with Crippen LogP contribution < -0.4 is 22.3 Å². The van der Waals surface area contributed by atoms with Crippen LogP contribution in [0.4, 0.5) is 18.9 Å². The normalized spacial score (nSPS) is 11.3. The Bertz CT molecular complexity index is 1150. The van der Waals surface area contributed by atoms with Gasteiger partial charge in [0.2, 0.25) is 0 Å². The molecule has 0 atom stereocenters. The van der Waals surface area contributed by atoms with Gasteiger partial charge in [-0.1, -0.05) is 17.7 Å². The first-order valence-corrected chi connectivity index (χ1v) is 8.97. The maximum absolute atomic E-state index is 13.3. The fourth-order valence-electron chi connectivity index (χ4n) is 2.66. The molecule has 0 aliphatic heterocycles. The van der Waals surface area contributed by atoms with E-state index in [9.17, 15) is 22.8 Å². The summed E-state index contributed by atoms with van der Waals surface area (Å²) in [5, 5.41) is 5.82. The molecule has 9 nitrogen and oxygen atoms in total. The van der Waals surface area contributed by atoms with E-state index in [0.717, 1.165) is 0 Å². The Kier molecular flexibility index (Phi) is 6.24. The SMILES string of the molecule is NCc1ccc(C(=O)NN)c(NC(=O)c2cc(C(F)(F)F)nn2-c2ncccc2Cl)c1. The molecule has 1 aromatic carbocycles. The number of pyridine rings is 1. The van der Waals surface area contributed by atoms with Crippen molar-refractivity contribution in [3.8, 4) is 5.82 Å². The highest BCUT2D eigenvalue weighted by Gasteiger charge is 2.36. The summed E-state index contributed by atoms with van der Waals surface area (Å²) in [5.74, 6) is 3.25. The molecule has 0 radical (unpaired) electrons. The predicted octanol–water partition coefficient (Wildman–Crippen LogP) is 2.25. The molecule has 13 heteroatoms. The second-order valence-corrected chi connectivity index (χ2v) is 6.55. The quantitative estimate of drug-likeness (QED) is 0.265. The van der Waals surface area contributed by atoms with Crippen LogP contribution in [0, 0.1) is 0 Å². The zero-order valence-electron chi connectivity index (χ0n) is 15.6. The molecule has 0 fully saturated rings. The van der Waals surface area contributed by atoms with Crippen molar-refractivity contribution in [1.29, 1.82) is 0 Å². The molecule has 0 unspecified atom stereocenters. The van der Waals surface area contributed by atoms with E-state index >= 15 is 0 Å². The number of amides is 2. The number of nitrogens with two attached hydrogens (primary N) is 2. The van der Waals surface area contributed by atoms with E-state index in [1.807, 2.05) is 5.43 Å². The van der Waals surface area contributed by atoms with Crippen LogP contribution in [0.5, 0.6) is 0 Å². The van der Waals surface area contributed by atoms with Gasteiger partial charge in [-0.15, -0.1) is 0 Å². The fraction of sp³-hybridized carbons (Fsp3) is 0.111. The molecule has 31 heavy (non-hydrogen) atoms. The van der Waals surface area contributed by atoms with Crippen molar-refractivity contribution in [1.82, 2.24) is 20.2 Å². The van der Waals surface area contributed by atoms with Crippen LogP contribution in [0.25, 0.3) is 5.82 Å². The molecule has 162 valence electrons. The van der Waals surface area contributed by atoms with E-state index in [1.165, 1.54) is 30.5 Å². The molecule has 2 aromatic heterocycles. The van der Waals surface area contributed by atoms with Gasteiger partial charge < -0.3 is 11.1 Å². The number of carbonyl (C=O) groups excluding carboxylic acids is 2. The maximum Gasteiger partial charge on any atom is 0.435 e. The molecule has 2 heterocycles. The van der Waals surface area contributed by atoms with Crippen LogP contribution in [0.1, 0.15) is 32.1 Å². The summed E-state index contributed by atoms with van der Waals surface area (Å²) in [7, 11) is 0. The van der Waals surface area contributed by atoms with Crippen molar-refractivity contribution in [3.05, 3.63) is 70.1 Å². The number of alkyl halides is 3. The third-order valence-corrected chi connectivity index (χ3v) is 4.41. The van der Waals surface area contributed by atoms with E-state index in [4.69, 9.17) is 23.2 Å². The van der Waals surface area contributed by atoms with Crippen LogP contribution in [0.15, 0.2) is 42.6 Å². The van der Waals surface area contributed by atoms with Crippen LogP contribution in [0.2, 0.25) is 5.02 Å². The van der Waals surface area contributed by atoms with Gasteiger partial charge in [0.15, 0.2) is 11.5 Å². The topological polar surface area (TPSA) is 141 Å². The number of aromatic nitrogens is 3. The van der Waals surface area contributed by atoms with E-state index in [0.29, 0.717) is 16.3 Å². The summed E-state index contributed by atoms with van der Waals surface area (Å²) in [6, 6.07) is 7.72. The summed E-state index contributed by atoms with van der Waals surface area (Å²) in [4.78, 5) is 28.8. The van der Waals surface area contributed by atoms with Gasteiger partial charge in [-0.2, -0.15) is 18.3 Å². The average molecular weight is 454 g/mol. The van der Waals surface area contributed by atoms with Crippen molar-refractivity contribution in [3.63, 3.8) is 0 Å². The number of hydrogen-bond acceptors (Lipinski definition) is 6. The molecule has 2 amide bonds. The van der Waals surface area contributed by atoms with Gasteiger partial charge in [0.25, 0.3) is 11.8 Å². The molecule has 0 saturated carbocycles. The minimum atomic E-state index is -4.83. The molecular weight excluding hydrogens is 439 g/mol. The molecule has 0 aliphatic carbocycles. The lowest BCUT2D eigenvalue weighted by molar-refractivity contribution is -0.141. The van der Waals surface area contributed by atoms with Crippen LogP contribution in [0.3, 0.4) is 0 Å². The fourth-order valence-corrected chi connectivity index (χ4v) is 2.86. The Morgan fingerprint density at radius 3 is 2.52 bits per heavy atom. The van der Waals surface area contributed by atoms with Crippen LogP contribution >= 0.6 is 11.6 Å². The number of carbonyl (C=O) groups is 2. The molecule has 6 N–H and O–H groups in total. The van der Waals surface area contributed by atoms with Gasteiger partial charge in [0.1, 0.15) is 5.69 Å². The Balaban J connectivity index is 2.09. The van der Waals surface area contributed by atoms with E-state index < -0.39 is 29.4 Å². The van der Waals surface area contributed by atoms with Gasteiger partial charge in [-0.25, -0.2) is 15.5 Å². The van der Waals surface area contributed by atoms with Crippen LogP contribution in [-0.4, -0.2) is 26.6 Å². The van der Waals surface area contributed by atoms with Crippen molar-refractivity contribution < 1.29 is 22.8 Å². The third kappa shape index (κ3) is 4.66. The number of nitrogen functional groups attached to an aromatic ring is 1. The highest BCUT2D eigenvalue weighted by molar-refractivity contribution is 6.32. The Morgan fingerprint density at radius 1 is 1.16 bits per heavy atom. The Hall–Kier alpha value is -3.48. The smallest absolute Gasteiger partial charge is 0.326 e. The van der Waals surface area contributed by atoms with Crippen molar-refractivity contribution in [2.24, 2.45) is 11.6 Å². The molecular formula is C18H15ClF3N7O2. The number of hydrogen-bond donors (Lipinski definition) is 4. The van der Waals surface area contributed by atoms with E-state index in [2.05, 4.69) is 15.4 Å². The second-order valence-electron chi connectivity index (χ2n) is 6.14. The number of halogens is 4.